The molecule has 0 spiro atoms. The monoisotopic (exact) mass is 307 g/mol. The molecular weight excluding hydrogens is 289 g/mol. The van der Waals surface area contributed by atoms with E-state index in [0.29, 0.717) is 41.8 Å². The lowest BCUT2D eigenvalue weighted by Crippen LogP contribution is -2.28. The second-order valence-electron chi connectivity index (χ2n) is 4.16. The Bertz CT molecular complexity index is 402. The van der Waals surface area contributed by atoms with Gasteiger partial charge in [0.05, 0.1) is 18.7 Å². The molecule has 19 heavy (non-hydrogen) atoms. The molecule has 0 fully saturated rings. The van der Waals surface area contributed by atoms with Gasteiger partial charge in [-0.15, -0.1) is 0 Å². The summed E-state index contributed by atoms with van der Waals surface area (Å²) in [4.78, 5) is 2.01. The highest BCUT2D eigenvalue weighted by atomic mass is 35.5. The van der Waals surface area contributed by atoms with E-state index in [2.05, 4.69) is 0 Å². The highest BCUT2D eigenvalue weighted by Gasteiger charge is 2.11. The van der Waals surface area contributed by atoms with E-state index in [9.17, 15) is 0 Å². The number of methoxy groups -OCH3 is 1. The molecule has 0 radical (unpaired) electrons. The maximum absolute atomic E-state index is 9.04. The van der Waals surface area contributed by atoms with Crippen LogP contribution >= 0.6 is 23.2 Å². The minimum Gasteiger partial charge on any atom is -0.495 e. The van der Waals surface area contributed by atoms with Gasteiger partial charge >= 0.3 is 0 Å². The molecule has 0 aliphatic rings. The fraction of sp³-hybridized carbons (Fsp3) is 0.538. The molecule has 0 aliphatic heterocycles. The number of hydrogen-bond acceptors (Lipinski definition) is 4. The zero-order valence-corrected chi connectivity index (χ0v) is 12.4. The molecule has 0 heterocycles. The Morgan fingerprint density at radius 1 is 1.11 bits per heavy atom. The van der Waals surface area contributed by atoms with Crippen molar-refractivity contribution in [3.05, 3.63) is 27.7 Å². The van der Waals surface area contributed by atoms with Gasteiger partial charge in [-0.2, -0.15) is 0 Å². The zero-order chi connectivity index (χ0) is 14.3. The van der Waals surface area contributed by atoms with Crippen molar-refractivity contribution in [3.8, 4) is 5.75 Å². The van der Waals surface area contributed by atoms with E-state index in [4.69, 9.17) is 38.2 Å². The third kappa shape index (κ3) is 5.16. The molecule has 0 atom stereocenters. The number of aliphatic hydroxyl groups excluding tert-OH is 2. The van der Waals surface area contributed by atoms with Crippen molar-refractivity contribution in [2.45, 2.75) is 13.0 Å². The summed E-state index contributed by atoms with van der Waals surface area (Å²) >= 11 is 12.3. The number of rotatable bonds is 8. The number of nitrogens with zero attached hydrogens (tertiary/aromatic N) is 1. The van der Waals surface area contributed by atoms with Gasteiger partial charge < -0.3 is 14.9 Å². The summed E-state index contributed by atoms with van der Waals surface area (Å²) in [6.45, 7) is 1.98. The summed E-state index contributed by atoms with van der Waals surface area (Å²) in [7, 11) is 1.54. The Morgan fingerprint density at radius 3 is 2.42 bits per heavy atom. The molecule has 1 aromatic carbocycles. The van der Waals surface area contributed by atoms with Crippen molar-refractivity contribution in [2.75, 3.05) is 33.4 Å². The lowest BCUT2D eigenvalue weighted by atomic mass is 10.2. The fourth-order valence-electron chi connectivity index (χ4n) is 1.79. The van der Waals surface area contributed by atoms with Gasteiger partial charge in [0.1, 0.15) is 5.75 Å². The Balaban J connectivity index is 2.80. The molecule has 4 nitrogen and oxygen atoms in total. The summed E-state index contributed by atoms with van der Waals surface area (Å²) in [5, 5.41) is 19.0. The molecule has 0 saturated heterocycles. The van der Waals surface area contributed by atoms with Crippen LogP contribution in [0.25, 0.3) is 0 Å². The van der Waals surface area contributed by atoms with Crippen LogP contribution in [0.4, 0.5) is 0 Å². The number of halogens is 2. The average Bonchev–Trinajstić information content (AvgIpc) is 2.39. The third-order valence-corrected chi connectivity index (χ3v) is 3.41. The summed E-state index contributed by atoms with van der Waals surface area (Å²) in [6, 6.07) is 3.45. The smallest absolute Gasteiger partial charge is 0.138 e. The van der Waals surface area contributed by atoms with Crippen LogP contribution in [0.5, 0.6) is 5.75 Å². The summed E-state index contributed by atoms with van der Waals surface area (Å²) in [5.41, 5.74) is 0.874. The molecule has 0 unspecified atom stereocenters. The zero-order valence-electron chi connectivity index (χ0n) is 10.9. The molecule has 1 rings (SSSR count). The Hall–Kier alpha value is -0.520. The average molecular weight is 308 g/mol. The maximum Gasteiger partial charge on any atom is 0.138 e. The van der Waals surface area contributed by atoms with E-state index in [1.807, 2.05) is 4.90 Å². The van der Waals surface area contributed by atoms with Crippen LogP contribution in [-0.4, -0.2) is 48.5 Å². The highest BCUT2D eigenvalue weighted by molar-refractivity contribution is 6.34. The molecule has 108 valence electrons. The predicted octanol–water partition coefficient (Wildman–Crippen LogP) is 2.18. The van der Waals surface area contributed by atoms with Gasteiger partial charge in [0.15, 0.2) is 0 Å². The number of hydrogen-bond donors (Lipinski definition) is 2. The van der Waals surface area contributed by atoms with Gasteiger partial charge in [0.25, 0.3) is 0 Å². The van der Waals surface area contributed by atoms with E-state index in [1.54, 1.807) is 12.1 Å². The number of benzene rings is 1. The molecule has 0 bridgehead atoms. The lowest BCUT2D eigenvalue weighted by Gasteiger charge is -2.22. The van der Waals surface area contributed by atoms with Gasteiger partial charge in [-0.3, -0.25) is 4.90 Å². The van der Waals surface area contributed by atoms with Crippen molar-refractivity contribution in [1.82, 2.24) is 4.90 Å². The third-order valence-electron chi connectivity index (χ3n) is 2.76. The minimum atomic E-state index is 0.0624. The van der Waals surface area contributed by atoms with Gasteiger partial charge in [-0.05, 0) is 18.1 Å². The van der Waals surface area contributed by atoms with Crippen molar-refractivity contribution in [1.29, 1.82) is 0 Å². The lowest BCUT2D eigenvalue weighted by molar-refractivity contribution is 0.174. The van der Waals surface area contributed by atoms with Crippen LogP contribution < -0.4 is 4.74 Å². The minimum absolute atomic E-state index is 0.0624. The van der Waals surface area contributed by atoms with Gasteiger partial charge in [0.2, 0.25) is 0 Å². The first-order valence-corrected chi connectivity index (χ1v) is 6.84. The Kier molecular flexibility index (Phi) is 7.49. The first-order valence-electron chi connectivity index (χ1n) is 6.08. The summed E-state index contributed by atoms with van der Waals surface area (Å²) in [6.07, 6.45) is 0.654. The van der Waals surface area contributed by atoms with E-state index in [-0.39, 0.29) is 13.2 Å². The topological polar surface area (TPSA) is 52.9 Å². The van der Waals surface area contributed by atoms with Crippen LogP contribution in [0, 0.1) is 0 Å². The van der Waals surface area contributed by atoms with Crippen LogP contribution in [0.3, 0.4) is 0 Å². The van der Waals surface area contributed by atoms with Gasteiger partial charge in [0, 0.05) is 37.3 Å². The second kappa shape index (κ2) is 8.61. The number of aliphatic hydroxyl groups is 2. The Morgan fingerprint density at radius 2 is 1.84 bits per heavy atom. The van der Waals surface area contributed by atoms with Gasteiger partial charge in [-0.25, -0.2) is 0 Å². The van der Waals surface area contributed by atoms with Crippen molar-refractivity contribution >= 4 is 23.2 Å². The van der Waals surface area contributed by atoms with Crippen LogP contribution in [0.15, 0.2) is 12.1 Å². The highest BCUT2D eigenvalue weighted by Crippen LogP contribution is 2.31. The molecule has 6 heteroatoms. The van der Waals surface area contributed by atoms with Crippen molar-refractivity contribution < 1.29 is 14.9 Å². The Labute approximate surface area is 123 Å². The first kappa shape index (κ1) is 16.5. The van der Waals surface area contributed by atoms with Crippen LogP contribution in [0.2, 0.25) is 10.0 Å². The molecule has 2 N–H and O–H groups in total. The van der Waals surface area contributed by atoms with E-state index in [0.717, 1.165) is 5.56 Å². The largest absolute Gasteiger partial charge is 0.495 e. The molecular formula is C13H19Cl2NO3. The normalized spacial score (nSPS) is 11.1. The molecule has 0 saturated carbocycles. The molecule has 1 aromatic rings. The van der Waals surface area contributed by atoms with Crippen molar-refractivity contribution in [3.63, 3.8) is 0 Å². The van der Waals surface area contributed by atoms with E-state index in [1.165, 1.54) is 7.11 Å². The molecule has 0 aliphatic carbocycles. The number of ether oxygens (including phenoxy) is 1. The molecule has 0 aromatic heterocycles. The second-order valence-corrected chi connectivity index (χ2v) is 4.97. The quantitative estimate of drug-likeness (QED) is 0.773. The van der Waals surface area contributed by atoms with Crippen LogP contribution in [-0.2, 0) is 6.54 Å². The van der Waals surface area contributed by atoms with E-state index >= 15 is 0 Å². The van der Waals surface area contributed by atoms with Crippen molar-refractivity contribution in [2.24, 2.45) is 0 Å². The standard InChI is InChI=1S/C13H19Cl2NO3/c1-19-13-8-11(14)10(7-12(13)15)9-16(4-6-18)3-2-5-17/h7-8,17-18H,2-6,9H2,1H3. The van der Waals surface area contributed by atoms with E-state index < -0.39 is 0 Å². The summed E-state index contributed by atoms with van der Waals surface area (Å²) < 4.78 is 5.10. The predicted molar refractivity (Wildman–Crippen MR) is 77.1 cm³/mol. The maximum atomic E-state index is 9.04. The first-order chi connectivity index (χ1) is 9.12. The molecule has 0 amide bonds. The van der Waals surface area contributed by atoms with Crippen LogP contribution in [0.1, 0.15) is 12.0 Å². The SMILES string of the molecule is COc1cc(Cl)c(CN(CCO)CCCO)cc1Cl. The van der Waals surface area contributed by atoms with Gasteiger partial charge in [-0.1, -0.05) is 23.2 Å². The summed E-state index contributed by atoms with van der Waals surface area (Å²) in [5.74, 6) is 0.541. The fourth-order valence-corrected chi connectivity index (χ4v) is 2.27.